The van der Waals surface area contributed by atoms with Crippen LogP contribution in [0.2, 0.25) is 18.1 Å². The van der Waals surface area contributed by atoms with E-state index < -0.39 is 20.3 Å². The van der Waals surface area contributed by atoms with Gasteiger partial charge in [-0.2, -0.15) is 0 Å². The van der Waals surface area contributed by atoms with E-state index in [1.165, 1.54) is 205 Å². The molecule has 0 aliphatic heterocycles. The SMILES string of the molecule is CCCCCCCCCCN(CCCCCCCCCC)CCC(CCCN(CCCC(CCN(CCCCCCCCCC)CCCCCCCCCC)C(=O)O)CCO[Si](C)(C)C(C)(C)C)C(=O)O. The van der Waals surface area contributed by atoms with Gasteiger partial charge in [0.05, 0.1) is 11.8 Å². The highest BCUT2D eigenvalue weighted by Gasteiger charge is 2.37. The molecule has 0 aromatic carbocycles. The minimum Gasteiger partial charge on any atom is -0.481 e. The zero-order valence-electron chi connectivity index (χ0n) is 49.6. The molecule has 0 amide bonds. The lowest BCUT2D eigenvalue weighted by Crippen LogP contribution is -2.43. The molecular formula is C62H127N3O5Si. The molecule has 0 rings (SSSR count). The molecule has 2 N–H and O–H groups in total. The standard InChI is InChI=1S/C62H127N3O5Si/c1-10-14-18-22-26-30-34-38-48-63(49-39-35-31-27-23-19-15-11-2)54-46-58(60(66)67)44-42-52-65(56-57-70-71(8,9)62(5,6)7)53-43-45-59(61(68)69)47-55-64(50-40-36-32-28-24-20-16-12-3)51-41-37-33-29-25-21-17-13-4/h58-59H,10-57H2,1-9H3,(H,66,67)(H,68,69). The molecule has 0 spiro atoms. The molecule has 0 saturated heterocycles. The summed E-state index contributed by atoms with van der Waals surface area (Å²) in [6.45, 7) is 29.8. The predicted octanol–water partition coefficient (Wildman–Crippen LogP) is 18.2. The Kier molecular flexibility index (Phi) is 47.9. The fourth-order valence-corrected chi connectivity index (χ4v) is 11.1. The molecular weight excluding hydrogens is 895 g/mol. The van der Waals surface area contributed by atoms with Crippen LogP contribution in [0.5, 0.6) is 0 Å². The lowest BCUT2D eigenvalue weighted by Gasteiger charge is -2.37. The van der Waals surface area contributed by atoms with Gasteiger partial charge in [0.15, 0.2) is 8.32 Å². The predicted molar refractivity (Wildman–Crippen MR) is 313 cm³/mol. The Morgan fingerprint density at radius 1 is 0.366 bits per heavy atom. The first-order valence-corrected chi connectivity index (χ1v) is 34.4. The van der Waals surface area contributed by atoms with Gasteiger partial charge in [-0.3, -0.25) is 9.59 Å². The molecule has 0 aliphatic rings. The minimum absolute atomic E-state index is 0.133. The zero-order chi connectivity index (χ0) is 52.7. The number of carboxylic acids is 2. The van der Waals surface area contributed by atoms with Gasteiger partial charge >= 0.3 is 11.9 Å². The van der Waals surface area contributed by atoms with Crippen LogP contribution in [0.3, 0.4) is 0 Å². The Morgan fingerprint density at radius 2 is 0.606 bits per heavy atom. The molecule has 0 aliphatic carbocycles. The molecule has 0 heterocycles. The topological polar surface area (TPSA) is 93.5 Å². The highest BCUT2D eigenvalue weighted by atomic mass is 28.4. The molecule has 9 heteroatoms. The van der Waals surface area contributed by atoms with Gasteiger partial charge < -0.3 is 29.3 Å². The van der Waals surface area contributed by atoms with Crippen LogP contribution in [0.4, 0.5) is 0 Å². The van der Waals surface area contributed by atoms with Gasteiger partial charge in [-0.15, -0.1) is 0 Å². The number of hydrogen-bond donors (Lipinski definition) is 2. The van der Waals surface area contributed by atoms with Crippen molar-refractivity contribution in [3.05, 3.63) is 0 Å². The van der Waals surface area contributed by atoms with Gasteiger partial charge in [0, 0.05) is 13.2 Å². The van der Waals surface area contributed by atoms with E-state index >= 15 is 0 Å². The number of carbonyl (C=O) groups is 2. The molecule has 424 valence electrons. The third-order valence-electron chi connectivity index (χ3n) is 16.3. The number of carboxylic acid groups (broad SMARTS) is 2. The first kappa shape index (κ1) is 70.0. The van der Waals surface area contributed by atoms with Gasteiger partial charge in [-0.1, -0.05) is 228 Å². The average Bonchev–Trinajstić information content (AvgIpc) is 3.32. The van der Waals surface area contributed by atoms with Crippen molar-refractivity contribution in [3.63, 3.8) is 0 Å². The smallest absolute Gasteiger partial charge is 0.306 e. The van der Waals surface area contributed by atoms with Gasteiger partial charge in [0.1, 0.15) is 0 Å². The summed E-state index contributed by atoms with van der Waals surface area (Å²) in [7, 11) is -1.92. The second kappa shape index (κ2) is 48.6. The van der Waals surface area contributed by atoms with Crippen LogP contribution in [-0.4, -0.2) is 111 Å². The number of unbranched alkanes of at least 4 members (excludes halogenated alkanes) is 28. The maximum Gasteiger partial charge on any atom is 0.306 e. The number of hydrogen-bond acceptors (Lipinski definition) is 6. The van der Waals surface area contributed by atoms with Gasteiger partial charge in [0.2, 0.25) is 0 Å². The van der Waals surface area contributed by atoms with E-state index in [4.69, 9.17) is 4.43 Å². The third kappa shape index (κ3) is 42.9. The Labute approximate surface area is 445 Å². The van der Waals surface area contributed by atoms with Crippen molar-refractivity contribution in [3.8, 4) is 0 Å². The molecule has 0 radical (unpaired) electrons. The van der Waals surface area contributed by atoms with Crippen LogP contribution < -0.4 is 0 Å². The summed E-state index contributed by atoms with van der Waals surface area (Å²) in [5.74, 6) is -1.98. The maximum atomic E-state index is 12.8. The van der Waals surface area contributed by atoms with E-state index in [1.54, 1.807) is 0 Å². The Balaban J connectivity index is 5.56. The third-order valence-corrected chi connectivity index (χ3v) is 20.9. The normalized spacial score (nSPS) is 13.3. The monoisotopic (exact) mass is 1020 g/mol. The van der Waals surface area contributed by atoms with Crippen molar-refractivity contribution in [2.45, 2.75) is 311 Å². The van der Waals surface area contributed by atoms with E-state index in [2.05, 4.69) is 76.3 Å². The summed E-state index contributed by atoms with van der Waals surface area (Å²) in [5.41, 5.74) is 0. The van der Waals surface area contributed by atoms with Crippen LogP contribution >= 0.6 is 0 Å². The second-order valence-electron chi connectivity index (χ2n) is 24.0. The molecule has 0 fully saturated rings. The minimum atomic E-state index is -1.92. The summed E-state index contributed by atoms with van der Waals surface area (Å²) in [6.07, 6.45) is 46.6. The van der Waals surface area contributed by atoms with Crippen molar-refractivity contribution in [2.24, 2.45) is 11.8 Å². The fraction of sp³-hybridized carbons (Fsp3) is 0.968. The highest BCUT2D eigenvalue weighted by Crippen LogP contribution is 2.36. The largest absolute Gasteiger partial charge is 0.481 e. The number of nitrogens with zero attached hydrogens (tertiary/aromatic N) is 3. The van der Waals surface area contributed by atoms with E-state index in [0.717, 1.165) is 71.7 Å². The van der Waals surface area contributed by atoms with Crippen LogP contribution in [0, 0.1) is 11.8 Å². The van der Waals surface area contributed by atoms with Crippen molar-refractivity contribution in [1.29, 1.82) is 0 Å². The van der Waals surface area contributed by atoms with Gasteiger partial charge in [-0.25, -0.2) is 0 Å². The lowest BCUT2D eigenvalue weighted by atomic mass is 9.98. The highest BCUT2D eigenvalue weighted by molar-refractivity contribution is 6.74. The Hall–Kier alpha value is -1.00. The maximum absolute atomic E-state index is 12.8. The van der Waals surface area contributed by atoms with E-state index in [0.29, 0.717) is 32.3 Å². The summed E-state index contributed by atoms with van der Waals surface area (Å²) < 4.78 is 6.66. The van der Waals surface area contributed by atoms with Crippen LogP contribution in [0.1, 0.15) is 292 Å². The van der Waals surface area contributed by atoms with Crippen molar-refractivity contribution >= 4 is 20.3 Å². The quantitative estimate of drug-likeness (QED) is 0.0460. The first-order chi connectivity index (χ1) is 34.2. The van der Waals surface area contributed by atoms with Crippen LogP contribution in [-0.2, 0) is 14.0 Å². The Morgan fingerprint density at radius 3 is 0.859 bits per heavy atom. The summed E-state index contributed by atoms with van der Waals surface area (Å²) >= 11 is 0. The summed E-state index contributed by atoms with van der Waals surface area (Å²) in [5, 5.41) is 21.1. The Bertz CT molecular complexity index is 1050. The van der Waals surface area contributed by atoms with E-state index in [-0.39, 0.29) is 16.9 Å². The molecule has 2 unspecified atom stereocenters. The van der Waals surface area contributed by atoms with Gasteiger partial charge in [0.25, 0.3) is 0 Å². The molecule has 0 saturated carbocycles. The lowest BCUT2D eigenvalue weighted by molar-refractivity contribution is -0.143. The summed E-state index contributed by atoms with van der Waals surface area (Å²) in [4.78, 5) is 33.2. The van der Waals surface area contributed by atoms with E-state index in [9.17, 15) is 19.8 Å². The van der Waals surface area contributed by atoms with Gasteiger partial charge in [-0.05, 0) is 135 Å². The average molecular weight is 1020 g/mol. The van der Waals surface area contributed by atoms with Crippen LogP contribution in [0.25, 0.3) is 0 Å². The molecule has 0 aromatic rings. The second-order valence-corrected chi connectivity index (χ2v) is 28.8. The number of rotatable bonds is 56. The molecule has 2 atom stereocenters. The summed E-state index contributed by atoms with van der Waals surface area (Å²) in [6, 6.07) is 0. The fourth-order valence-electron chi connectivity index (χ4n) is 10.1. The number of aliphatic carboxylic acids is 2. The van der Waals surface area contributed by atoms with E-state index in [1.807, 2.05) is 0 Å². The van der Waals surface area contributed by atoms with Crippen molar-refractivity contribution in [2.75, 3.05) is 65.5 Å². The zero-order valence-corrected chi connectivity index (χ0v) is 50.6. The van der Waals surface area contributed by atoms with Crippen molar-refractivity contribution in [1.82, 2.24) is 14.7 Å². The first-order valence-electron chi connectivity index (χ1n) is 31.5. The molecule has 8 nitrogen and oxygen atoms in total. The molecule has 0 aromatic heterocycles. The molecule has 0 bridgehead atoms. The van der Waals surface area contributed by atoms with Crippen LogP contribution in [0.15, 0.2) is 0 Å². The molecule has 71 heavy (non-hydrogen) atoms. The van der Waals surface area contributed by atoms with Crippen molar-refractivity contribution < 1.29 is 24.2 Å².